The lowest BCUT2D eigenvalue weighted by Crippen LogP contribution is -2.01. The molecule has 0 saturated carbocycles. The number of nitro benzene ring substituents is 2. The van der Waals surface area contributed by atoms with Crippen LogP contribution in [0, 0.1) is 20.2 Å². The smallest absolute Gasteiger partial charge is 0.276 e. The molecule has 0 bridgehead atoms. The Hall–Kier alpha value is -3.94. The summed E-state index contributed by atoms with van der Waals surface area (Å²) in [6, 6.07) is 17.5. The summed E-state index contributed by atoms with van der Waals surface area (Å²) in [7, 11) is 1.55. The van der Waals surface area contributed by atoms with Gasteiger partial charge in [-0.05, 0) is 29.8 Å². The zero-order valence-electron chi connectivity index (χ0n) is 14.9. The molecule has 0 heterocycles. The van der Waals surface area contributed by atoms with Crippen LogP contribution in [0.15, 0.2) is 66.7 Å². The topological polar surface area (TPSA) is 105 Å². The molecule has 0 amide bonds. The Labute approximate surface area is 160 Å². The number of para-hydroxylation sites is 1. The zero-order valence-corrected chi connectivity index (χ0v) is 14.9. The van der Waals surface area contributed by atoms with Crippen molar-refractivity contribution < 1.29 is 19.3 Å². The minimum atomic E-state index is -0.487. The van der Waals surface area contributed by atoms with Crippen LogP contribution in [0.25, 0.3) is 11.1 Å². The molecule has 0 radical (unpaired) electrons. The van der Waals surface area contributed by atoms with Gasteiger partial charge in [-0.25, -0.2) is 0 Å². The van der Waals surface area contributed by atoms with Crippen LogP contribution in [-0.4, -0.2) is 17.0 Å². The first-order valence-corrected chi connectivity index (χ1v) is 8.27. The van der Waals surface area contributed by atoms with Crippen LogP contribution < -0.4 is 9.47 Å². The Bertz CT molecular complexity index is 1020. The normalized spacial score (nSPS) is 10.3. The summed E-state index contributed by atoms with van der Waals surface area (Å²) in [5, 5.41) is 22.3. The van der Waals surface area contributed by atoms with Crippen molar-refractivity contribution in [3.8, 4) is 22.6 Å². The third-order valence-electron chi connectivity index (χ3n) is 4.15. The van der Waals surface area contributed by atoms with E-state index in [1.165, 1.54) is 24.3 Å². The highest BCUT2D eigenvalue weighted by molar-refractivity contribution is 5.73. The number of hydrogen-bond acceptors (Lipinski definition) is 6. The number of benzene rings is 3. The number of rotatable bonds is 7. The Morgan fingerprint density at radius 3 is 2.25 bits per heavy atom. The molecular formula is C20H16N2O6. The summed E-state index contributed by atoms with van der Waals surface area (Å²) in [6.07, 6.45) is 0. The van der Waals surface area contributed by atoms with E-state index in [1.54, 1.807) is 49.6 Å². The fraction of sp³-hybridized carbons (Fsp3) is 0.100. The maximum Gasteiger partial charge on any atom is 0.276 e. The molecule has 0 aliphatic heterocycles. The highest BCUT2D eigenvalue weighted by Crippen LogP contribution is 2.35. The van der Waals surface area contributed by atoms with Gasteiger partial charge in [0.05, 0.1) is 22.5 Å². The van der Waals surface area contributed by atoms with Gasteiger partial charge < -0.3 is 9.47 Å². The fourth-order valence-electron chi connectivity index (χ4n) is 2.72. The molecule has 0 N–H and O–H groups in total. The largest absolute Gasteiger partial charge is 0.497 e. The van der Waals surface area contributed by atoms with Crippen molar-refractivity contribution in [3.63, 3.8) is 0 Å². The van der Waals surface area contributed by atoms with Gasteiger partial charge in [0.15, 0.2) is 0 Å². The van der Waals surface area contributed by atoms with Gasteiger partial charge in [-0.1, -0.05) is 24.3 Å². The lowest BCUT2D eigenvalue weighted by molar-refractivity contribution is -0.385. The number of methoxy groups -OCH3 is 1. The van der Waals surface area contributed by atoms with Crippen molar-refractivity contribution in [2.24, 2.45) is 0 Å². The Morgan fingerprint density at radius 1 is 0.893 bits per heavy atom. The van der Waals surface area contributed by atoms with Gasteiger partial charge in [0.1, 0.15) is 18.1 Å². The predicted octanol–water partition coefficient (Wildman–Crippen LogP) is 4.76. The maximum atomic E-state index is 11.2. The third-order valence-corrected chi connectivity index (χ3v) is 4.15. The Morgan fingerprint density at radius 2 is 1.61 bits per heavy atom. The highest BCUT2D eigenvalue weighted by atomic mass is 16.6. The first-order chi connectivity index (χ1) is 13.5. The van der Waals surface area contributed by atoms with E-state index >= 15 is 0 Å². The summed E-state index contributed by atoms with van der Waals surface area (Å²) in [5.74, 6) is 1.03. The summed E-state index contributed by atoms with van der Waals surface area (Å²) < 4.78 is 10.9. The van der Waals surface area contributed by atoms with Gasteiger partial charge in [-0.2, -0.15) is 0 Å². The van der Waals surface area contributed by atoms with Crippen molar-refractivity contribution in [3.05, 3.63) is 92.5 Å². The Balaban J connectivity index is 1.96. The molecule has 28 heavy (non-hydrogen) atoms. The molecule has 0 saturated heterocycles. The monoisotopic (exact) mass is 380 g/mol. The lowest BCUT2D eigenvalue weighted by atomic mass is 10.0. The van der Waals surface area contributed by atoms with Crippen LogP contribution in [0.5, 0.6) is 11.5 Å². The second-order valence-electron chi connectivity index (χ2n) is 5.84. The van der Waals surface area contributed by atoms with Gasteiger partial charge in [0.25, 0.3) is 11.4 Å². The lowest BCUT2D eigenvalue weighted by Gasteiger charge is -2.12. The quantitative estimate of drug-likeness (QED) is 0.432. The van der Waals surface area contributed by atoms with Gasteiger partial charge in [0.2, 0.25) is 0 Å². The van der Waals surface area contributed by atoms with E-state index in [-0.39, 0.29) is 18.0 Å². The third kappa shape index (κ3) is 4.07. The average Bonchev–Trinajstić information content (AvgIpc) is 2.72. The molecule has 0 unspecified atom stereocenters. The van der Waals surface area contributed by atoms with Crippen molar-refractivity contribution in [1.29, 1.82) is 0 Å². The predicted molar refractivity (Wildman–Crippen MR) is 103 cm³/mol. The number of hydrogen-bond donors (Lipinski definition) is 0. The molecule has 0 aliphatic carbocycles. The SMILES string of the molecule is COc1ccc(-c2cc([N+](=O)[O-])ccc2OCc2ccccc2[N+](=O)[O-])cc1. The van der Waals surface area contributed by atoms with Gasteiger partial charge in [0, 0.05) is 23.8 Å². The molecular weight excluding hydrogens is 364 g/mol. The van der Waals surface area contributed by atoms with E-state index < -0.39 is 9.85 Å². The van der Waals surface area contributed by atoms with Gasteiger partial charge in [-0.15, -0.1) is 0 Å². The molecule has 3 rings (SSSR count). The van der Waals surface area contributed by atoms with E-state index in [2.05, 4.69) is 0 Å². The summed E-state index contributed by atoms with van der Waals surface area (Å²) in [6.45, 7) is -0.0435. The van der Waals surface area contributed by atoms with Crippen LogP contribution in [-0.2, 0) is 6.61 Å². The first-order valence-electron chi connectivity index (χ1n) is 8.27. The second kappa shape index (κ2) is 8.17. The standard InChI is InChI=1S/C20H16N2O6/c1-27-17-9-6-14(7-10-17)18-12-16(21(23)24)8-11-20(18)28-13-15-4-2-3-5-19(15)22(25)26/h2-12H,13H2,1H3. The molecule has 0 aliphatic rings. The molecule has 0 fully saturated rings. The van der Waals surface area contributed by atoms with Gasteiger partial charge in [-0.3, -0.25) is 20.2 Å². The zero-order chi connectivity index (χ0) is 20.1. The molecule has 0 aromatic heterocycles. The number of nitro groups is 2. The van der Waals surface area contributed by atoms with Crippen molar-refractivity contribution in [2.75, 3.05) is 7.11 Å². The molecule has 3 aromatic carbocycles. The van der Waals surface area contributed by atoms with E-state index in [4.69, 9.17) is 9.47 Å². The summed E-state index contributed by atoms with van der Waals surface area (Å²) in [4.78, 5) is 21.4. The molecule has 3 aromatic rings. The van der Waals surface area contributed by atoms with Crippen LogP contribution in [0.4, 0.5) is 11.4 Å². The molecule has 0 atom stereocenters. The average molecular weight is 380 g/mol. The molecule has 8 nitrogen and oxygen atoms in total. The van der Waals surface area contributed by atoms with Crippen LogP contribution in [0.3, 0.4) is 0 Å². The highest BCUT2D eigenvalue weighted by Gasteiger charge is 2.16. The Kier molecular flexibility index (Phi) is 5.50. The minimum Gasteiger partial charge on any atom is -0.497 e. The van der Waals surface area contributed by atoms with Crippen molar-refractivity contribution in [2.45, 2.75) is 6.61 Å². The van der Waals surface area contributed by atoms with E-state index in [9.17, 15) is 20.2 Å². The van der Waals surface area contributed by atoms with E-state index in [1.807, 2.05) is 0 Å². The van der Waals surface area contributed by atoms with Crippen molar-refractivity contribution in [1.82, 2.24) is 0 Å². The fourth-order valence-corrected chi connectivity index (χ4v) is 2.72. The van der Waals surface area contributed by atoms with E-state index in [0.717, 1.165) is 0 Å². The van der Waals surface area contributed by atoms with Crippen molar-refractivity contribution >= 4 is 11.4 Å². The summed E-state index contributed by atoms with van der Waals surface area (Å²) >= 11 is 0. The first kappa shape index (κ1) is 18.8. The second-order valence-corrected chi connectivity index (χ2v) is 5.84. The number of ether oxygens (including phenoxy) is 2. The van der Waals surface area contributed by atoms with Gasteiger partial charge >= 0.3 is 0 Å². The molecule has 142 valence electrons. The van der Waals surface area contributed by atoms with E-state index in [0.29, 0.717) is 28.2 Å². The number of nitrogens with zero attached hydrogens (tertiary/aromatic N) is 2. The molecule has 0 spiro atoms. The van der Waals surface area contributed by atoms with Crippen LogP contribution in [0.1, 0.15) is 5.56 Å². The maximum absolute atomic E-state index is 11.2. The summed E-state index contributed by atoms with van der Waals surface area (Å²) in [5.41, 5.74) is 1.49. The molecule has 8 heteroatoms. The minimum absolute atomic E-state index is 0.0435. The van der Waals surface area contributed by atoms with Crippen LogP contribution in [0.2, 0.25) is 0 Å². The van der Waals surface area contributed by atoms with Crippen LogP contribution >= 0.6 is 0 Å². The number of non-ortho nitro benzene ring substituents is 1.